The van der Waals surface area contributed by atoms with Crippen LogP contribution >= 0.6 is 0 Å². The second kappa shape index (κ2) is 5.01. The maximum atomic E-state index is 5.61. The third-order valence-electron chi connectivity index (χ3n) is 2.41. The number of hydrogen-bond donors (Lipinski definition) is 1. The first kappa shape index (κ1) is 11.1. The van der Waals surface area contributed by atoms with Gasteiger partial charge < -0.3 is 10.5 Å². The molecule has 0 aliphatic carbocycles. The van der Waals surface area contributed by atoms with Crippen molar-refractivity contribution in [3.05, 3.63) is 29.3 Å². The maximum absolute atomic E-state index is 5.61. The van der Waals surface area contributed by atoms with Crippen LogP contribution in [-0.4, -0.2) is 13.7 Å². The third kappa shape index (κ3) is 2.74. The number of methoxy groups -OCH3 is 1. The maximum Gasteiger partial charge on any atom is 0.122 e. The molecule has 0 heterocycles. The molecule has 78 valence electrons. The van der Waals surface area contributed by atoms with Gasteiger partial charge in [0.2, 0.25) is 0 Å². The Labute approximate surface area is 86.1 Å². The molecular formula is C12H19NO. The predicted octanol–water partition coefficient (Wildman–Crippen LogP) is 2.14. The molecule has 1 rings (SSSR count). The van der Waals surface area contributed by atoms with Crippen LogP contribution in [0.2, 0.25) is 0 Å². The summed E-state index contributed by atoms with van der Waals surface area (Å²) in [6.45, 7) is 4.97. The molecule has 0 saturated carbocycles. The van der Waals surface area contributed by atoms with E-state index in [0.29, 0.717) is 5.92 Å². The van der Waals surface area contributed by atoms with Crippen molar-refractivity contribution in [2.75, 3.05) is 13.7 Å². The monoisotopic (exact) mass is 193 g/mol. The van der Waals surface area contributed by atoms with Gasteiger partial charge >= 0.3 is 0 Å². The van der Waals surface area contributed by atoms with Crippen LogP contribution in [0.3, 0.4) is 0 Å². The molecule has 0 spiro atoms. The minimum Gasteiger partial charge on any atom is -0.496 e. The molecule has 1 aromatic carbocycles. The Hall–Kier alpha value is -1.02. The van der Waals surface area contributed by atoms with E-state index in [4.69, 9.17) is 10.5 Å². The zero-order chi connectivity index (χ0) is 10.6. The Morgan fingerprint density at radius 1 is 1.43 bits per heavy atom. The number of ether oxygens (including phenoxy) is 1. The molecular weight excluding hydrogens is 174 g/mol. The van der Waals surface area contributed by atoms with Crippen LogP contribution in [-0.2, 0) is 6.42 Å². The van der Waals surface area contributed by atoms with Crippen LogP contribution in [0.4, 0.5) is 0 Å². The first-order chi connectivity index (χ1) is 6.67. The van der Waals surface area contributed by atoms with Crippen molar-refractivity contribution >= 4 is 0 Å². The summed E-state index contributed by atoms with van der Waals surface area (Å²) in [5.74, 6) is 1.47. The third-order valence-corrected chi connectivity index (χ3v) is 2.41. The molecule has 14 heavy (non-hydrogen) atoms. The van der Waals surface area contributed by atoms with Gasteiger partial charge in [-0.25, -0.2) is 0 Å². The molecule has 0 saturated heterocycles. The lowest BCUT2D eigenvalue weighted by atomic mass is 9.99. The van der Waals surface area contributed by atoms with Crippen LogP contribution in [0.1, 0.15) is 18.1 Å². The number of aryl methyl sites for hydroxylation is 1. The number of benzene rings is 1. The molecule has 1 unspecified atom stereocenters. The van der Waals surface area contributed by atoms with Gasteiger partial charge in [0.25, 0.3) is 0 Å². The fraction of sp³-hybridized carbons (Fsp3) is 0.500. The van der Waals surface area contributed by atoms with Crippen molar-refractivity contribution in [2.45, 2.75) is 20.3 Å². The minimum absolute atomic E-state index is 0.505. The van der Waals surface area contributed by atoms with E-state index in [9.17, 15) is 0 Å². The summed E-state index contributed by atoms with van der Waals surface area (Å²) in [7, 11) is 1.71. The summed E-state index contributed by atoms with van der Waals surface area (Å²) >= 11 is 0. The zero-order valence-corrected chi connectivity index (χ0v) is 9.21. The molecule has 1 aromatic rings. The van der Waals surface area contributed by atoms with E-state index in [0.717, 1.165) is 18.7 Å². The van der Waals surface area contributed by atoms with E-state index < -0.39 is 0 Å². The molecule has 0 aliphatic heterocycles. The lowest BCUT2D eigenvalue weighted by Crippen LogP contribution is -2.13. The van der Waals surface area contributed by atoms with Gasteiger partial charge in [0.15, 0.2) is 0 Å². The highest BCUT2D eigenvalue weighted by molar-refractivity contribution is 5.37. The summed E-state index contributed by atoms with van der Waals surface area (Å²) in [5.41, 5.74) is 8.13. The van der Waals surface area contributed by atoms with E-state index in [2.05, 4.69) is 26.0 Å². The van der Waals surface area contributed by atoms with Crippen molar-refractivity contribution in [3.63, 3.8) is 0 Å². The molecule has 0 bridgehead atoms. The molecule has 0 radical (unpaired) electrons. The second-order valence-electron chi connectivity index (χ2n) is 3.86. The van der Waals surface area contributed by atoms with Gasteiger partial charge in [-0.1, -0.05) is 24.6 Å². The zero-order valence-electron chi connectivity index (χ0n) is 9.21. The minimum atomic E-state index is 0.505. The Balaban J connectivity index is 2.87. The topological polar surface area (TPSA) is 35.2 Å². The molecule has 0 aromatic heterocycles. The van der Waals surface area contributed by atoms with Crippen LogP contribution in [0, 0.1) is 12.8 Å². The van der Waals surface area contributed by atoms with Gasteiger partial charge in [-0.15, -0.1) is 0 Å². The van der Waals surface area contributed by atoms with Crippen molar-refractivity contribution in [2.24, 2.45) is 11.7 Å². The summed E-state index contributed by atoms with van der Waals surface area (Å²) < 4.78 is 5.30. The van der Waals surface area contributed by atoms with Crippen LogP contribution in [0.25, 0.3) is 0 Å². The second-order valence-corrected chi connectivity index (χ2v) is 3.86. The fourth-order valence-corrected chi connectivity index (χ4v) is 1.53. The number of hydrogen-bond acceptors (Lipinski definition) is 2. The first-order valence-corrected chi connectivity index (χ1v) is 5.01. The van der Waals surface area contributed by atoms with Crippen LogP contribution in [0.5, 0.6) is 5.75 Å². The lowest BCUT2D eigenvalue weighted by Gasteiger charge is -2.12. The van der Waals surface area contributed by atoms with Gasteiger partial charge in [-0.05, 0) is 37.4 Å². The van der Waals surface area contributed by atoms with Gasteiger partial charge in [0, 0.05) is 0 Å². The fourth-order valence-electron chi connectivity index (χ4n) is 1.53. The highest BCUT2D eigenvalue weighted by atomic mass is 16.5. The Morgan fingerprint density at radius 3 is 2.71 bits per heavy atom. The average molecular weight is 193 g/mol. The van der Waals surface area contributed by atoms with Gasteiger partial charge in [0.05, 0.1) is 7.11 Å². The highest BCUT2D eigenvalue weighted by Crippen LogP contribution is 2.22. The van der Waals surface area contributed by atoms with E-state index in [1.807, 2.05) is 6.07 Å². The summed E-state index contributed by atoms with van der Waals surface area (Å²) in [6.07, 6.45) is 0.987. The molecule has 2 heteroatoms. The van der Waals surface area contributed by atoms with Crippen molar-refractivity contribution in [1.29, 1.82) is 0 Å². The molecule has 0 amide bonds. The number of rotatable bonds is 4. The summed E-state index contributed by atoms with van der Waals surface area (Å²) in [4.78, 5) is 0. The van der Waals surface area contributed by atoms with Crippen molar-refractivity contribution in [1.82, 2.24) is 0 Å². The van der Waals surface area contributed by atoms with Gasteiger partial charge in [0.1, 0.15) is 5.75 Å². The van der Waals surface area contributed by atoms with E-state index in [1.165, 1.54) is 11.1 Å². The average Bonchev–Trinajstić information content (AvgIpc) is 2.18. The molecule has 2 N–H and O–H groups in total. The van der Waals surface area contributed by atoms with E-state index >= 15 is 0 Å². The normalized spacial score (nSPS) is 12.6. The first-order valence-electron chi connectivity index (χ1n) is 5.01. The van der Waals surface area contributed by atoms with Crippen LogP contribution in [0.15, 0.2) is 18.2 Å². The Bertz CT molecular complexity index is 296. The Morgan fingerprint density at radius 2 is 2.14 bits per heavy atom. The molecule has 1 atom stereocenters. The van der Waals surface area contributed by atoms with E-state index in [1.54, 1.807) is 7.11 Å². The highest BCUT2D eigenvalue weighted by Gasteiger charge is 2.07. The van der Waals surface area contributed by atoms with Crippen molar-refractivity contribution < 1.29 is 4.74 Å². The van der Waals surface area contributed by atoms with Gasteiger partial charge in [-0.2, -0.15) is 0 Å². The molecule has 2 nitrogen and oxygen atoms in total. The standard InChI is InChI=1S/C12H19NO/c1-9-4-5-12(14-3)11(6-9)7-10(2)8-13/h4-6,10H,7-8,13H2,1-3H3. The summed E-state index contributed by atoms with van der Waals surface area (Å²) in [5, 5.41) is 0. The van der Waals surface area contributed by atoms with E-state index in [-0.39, 0.29) is 0 Å². The summed E-state index contributed by atoms with van der Waals surface area (Å²) in [6, 6.07) is 6.26. The van der Waals surface area contributed by atoms with Crippen molar-refractivity contribution in [3.8, 4) is 5.75 Å². The van der Waals surface area contributed by atoms with Gasteiger partial charge in [-0.3, -0.25) is 0 Å². The Kier molecular flexibility index (Phi) is 3.96. The smallest absolute Gasteiger partial charge is 0.122 e. The lowest BCUT2D eigenvalue weighted by molar-refractivity contribution is 0.405. The quantitative estimate of drug-likeness (QED) is 0.795. The SMILES string of the molecule is COc1ccc(C)cc1CC(C)CN. The molecule has 0 aliphatic rings. The number of nitrogens with two attached hydrogens (primary N) is 1. The largest absolute Gasteiger partial charge is 0.496 e. The molecule has 0 fully saturated rings. The predicted molar refractivity (Wildman–Crippen MR) is 59.7 cm³/mol. The van der Waals surface area contributed by atoms with Crippen LogP contribution < -0.4 is 10.5 Å².